The van der Waals surface area contributed by atoms with Crippen molar-refractivity contribution in [1.29, 1.82) is 0 Å². The van der Waals surface area contributed by atoms with Crippen molar-refractivity contribution >= 4 is 22.6 Å². The van der Waals surface area contributed by atoms with Crippen LogP contribution in [0.15, 0.2) is 24.4 Å². The van der Waals surface area contributed by atoms with Crippen LogP contribution < -0.4 is 15.4 Å². The Hall–Kier alpha value is -3.11. The van der Waals surface area contributed by atoms with E-state index in [0.717, 1.165) is 48.4 Å². The van der Waals surface area contributed by atoms with E-state index in [4.69, 9.17) is 4.74 Å². The molecule has 7 nitrogen and oxygen atoms in total. The van der Waals surface area contributed by atoms with Gasteiger partial charge in [-0.2, -0.15) is 0 Å². The van der Waals surface area contributed by atoms with Crippen molar-refractivity contribution in [2.75, 3.05) is 20.3 Å². The normalized spacial score (nSPS) is 24.3. The Labute approximate surface area is 200 Å². The number of ether oxygens (including phenoxy) is 1. The molecule has 1 aliphatic heterocycles. The van der Waals surface area contributed by atoms with Crippen molar-refractivity contribution in [2.45, 2.75) is 51.5 Å². The lowest BCUT2D eigenvalue weighted by Crippen LogP contribution is -2.34. The van der Waals surface area contributed by atoms with Crippen LogP contribution in [0.5, 0.6) is 5.88 Å². The van der Waals surface area contributed by atoms with E-state index < -0.39 is 0 Å². The summed E-state index contributed by atoms with van der Waals surface area (Å²) in [5.41, 5.74) is 1.31. The quantitative estimate of drug-likeness (QED) is 0.572. The number of hydrogen-bond donors (Lipinski definition) is 3. The maximum atomic E-state index is 12.3. The zero-order valence-corrected chi connectivity index (χ0v) is 19.9. The Kier molecular flexibility index (Phi) is 7.69. The fourth-order valence-electron chi connectivity index (χ4n) is 4.92. The molecule has 1 saturated heterocycles. The molecule has 4 rings (SSSR count). The number of fused-ring (bicyclic) bond motifs is 1. The predicted octanol–water partition coefficient (Wildman–Crippen LogP) is 3.04. The third-order valence-electron chi connectivity index (χ3n) is 7.14. The molecule has 0 spiro atoms. The minimum atomic E-state index is -0.165. The maximum absolute atomic E-state index is 12.3. The molecule has 2 aromatic rings. The summed E-state index contributed by atoms with van der Waals surface area (Å²) < 4.78 is 6.09. The average molecular weight is 464 g/mol. The van der Waals surface area contributed by atoms with Crippen LogP contribution in [0.3, 0.4) is 0 Å². The minimum absolute atomic E-state index is 0.0343. The number of aliphatic hydroxyl groups is 1. The second kappa shape index (κ2) is 10.9. The second-order valence-electron chi connectivity index (χ2n) is 9.34. The summed E-state index contributed by atoms with van der Waals surface area (Å²) in [5.74, 6) is 8.01. The van der Waals surface area contributed by atoms with E-state index in [0.29, 0.717) is 36.3 Å². The summed E-state index contributed by atoms with van der Waals surface area (Å²) in [5, 5.41) is 16.6. The molecule has 0 radical (unpaired) electrons. The Morgan fingerprint density at radius 3 is 2.76 bits per heavy atom. The molecular formula is C27H33N3O4. The van der Waals surface area contributed by atoms with Crippen LogP contribution in [-0.2, 0) is 4.79 Å². The van der Waals surface area contributed by atoms with Gasteiger partial charge in [0.2, 0.25) is 11.8 Å². The van der Waals surface area contributed by atoms with Crippen LogP contribution in [0.25, 0.3) is 10.8 Å². The lowest BCUT2D eigenvalue weighted by atomic mass is 9.82. The zero-order chi connectivity index (χ0) is 24.1. The molecule has 2 atom stereocenters. The lowest BCUT2D eigenvalue weighted by Gasteiger charge is -2.23. The highest BCUT2D eigenvalue weighted by atomic mass is 16.5. The second-order valence-corrected chi connectivity index (χ2v) is 9.34. The highest BCUT2D eigenvalue weighted by molar-refractivity contribution is 6.01. The number of aromatic nitrogens is 1. The number of benzene rings is 1. The summed E-state index contributed by atoms with van der Waals surface area (Å²) in [6.45, 7) is 2.68. The molecule has 1 aromatic carbocycles. The van der Waals surface area contributed by atoms with Gasteiger partial charge in [-0.3, -0.25) is 9.59 Å². The number of carbonyl (C=O) groups excluding carboxylic acids is 2. The van der Waals surface area contributed by atoms with Crippen molar-refractivity contribution in [2.24, 2.45) is 17.8 Å². The Balaban J connectivity index is 1.61. The van der Waals surface area contributed by atoms with Gasteiger partial charge in [0, 0.05) is 48.5 Å². The number of nitrogens with zero attached hydrogens (tertiary/aromatic N) is 1. The summed E-state index contributed by atoms with van der Waals surface area (Å²) in [4.78, 5) is 28.6. The van der Waals surface area contributed by atoms with Crippen LogP contribution in [0.4, 0.5) is 0 Å². The van der Waals surface area contributed by atoms with Gasteiger partial charge in [0.1, 0.15) is 6.61 Å². The number of rotatable bonds is 6. The molecule has 180 valence electrons. The molecule has 1 saturated carbocycles. The van der Waals surface area contributed by atoms with E-state index in [2.05, 4.69) is 34.4 Å². The van der Waals surface area contributed by atoms with Gasteiger partial charge < -0.3 is 20.5 Å². The van der Waals surface area contributed by atoms with Crippen molar-refractivity contribution in [3.8, 4) is 17.7 Å². The van der Waals surface area contributed by atoms with Crippen molar-refractivity contribution in [3.05, 3.63) is 35.5 Å². The third-order valence-corrected chi connectivity index (χ3v) is 7.14. The van der Waals surface area contributed by atoms with E-state index in [9.17, 15) is 14.7 Å². The number of aliphatic hydroxyl groups excluding tert-OH is 1. The lowest BCUT2D eigenvalue weighted by molar-refractivity contribution is -0.119. The highest BCUT2D eigenvalue weighted by Crippen LogP contribution is 2.30. The van der Waals surface area contributed by atoms with Gasteiger partial charge in [0.05, 0.1) is 11.6 Å². The first-order valence-corrected chi connectivity index (χ1v) is 12.2. The summed E-state index contributed by atoms with van der Waals surface area (Å²) in [6.07, 6.45) is 7.12. The molecule has 1 aliphatic carbocycles. The zero-order valence-electron chi connectivity index (χ0n) is 19.9. The SMILES string of the molecule is CCC1CC(=O)NC1COc1ncc(C#CC2CCC(CO)CC2)c2cc(C(=O)NC)ccc12. The molecule has 1 aromatic heterocycles. The summed E-state index contributed by atoms with van der Waals surface area (Å²) >= 11 is 0. The van der Waals surface area contributed by atoms with Crippen molar-refractivity contribution in [3.63, 3.8) is 0 Å². The molecule has 2 amide bonds. The molecule has 2 aliphatic rings. The molecule has 0 bridgehead atoms. The Bertz CT molecular complexity index is 1110. The van der Waals surface area contributed by atoms with E-state index in [1.165, 1.54) is 0 Å². The van der Waals surface area contributed by atoms with Crippen LogP contribution in [0.1, 0.15) is 61.4 Å². The molecular weight excluding hydrogens is 430 g/mol. The molecule has 7 heteroatoms. The molecule has 2 heterocycles. The fraction of sp³-hybridized carbons (Fsp3) is 0.519. The number of nitrogens with one attached hydrogen (secondary N) is 2. The van der Waals surface area contributed by atoms with E-state index in [-0.39, 0.29) is 30.4 Å². The molecule has 2 fully saturated rings. The minimum Gasteiger partial charge on any atom is -0.475 e. The van der Waals surface area contributed by atoms with Crippen LogP contribution in [0, 0.1) is 29.6 Å². The van der Waals surface area contributed by atoms with E-state index in [1.807, 2.05) is 12.1 Å². The number of amides is 2. The Morgan fingerprint density at radius 2 is 2.06 bits per heavy atom. The molecule has 3 N–H and O–H groups in total. The predicted molar refractivity (Wildman–Crippen MR) is 130 cm³/mol. The summed E-state index contributed by atoms with van der Waals surface area (Å²) in [6, 6.07) is 5.41. The number of carbonyl (C=O) groups is 2. The van der Waals surface area contributed by atoms with Crippen LogP contribution in [-0.4, -0.2) is 48.2 Å². The van der Waals surface area contributed by atoms with Gasteiger partial charge in [-0.15, -0.1) is 0 Å². The average Bonchev–Trinajstić information content (AvgIpc) is 3.25. The van der Waals surface area contributed by atoms with E-state index >= 15 is 0 Å². The fourth-order valence-corrected chi connectivity index (χ4v) is 4.92. The van der Waals surface area contributed by atoms with Crippen LogP contribution in [0.2, 0.25) is 0 Å². The molecule has 34 heavy (non-hydrogen) atoms. The maximum Gasteiger partial charge on any atom is 0.251 e. The summed E-state index contributed by atoms with van der Waals surface area (Å²) in [7, 11) is 1.61. The largest absolute Gasteiger partial charge is 0.475 e. The number of pyridine rings is 1. The first kappa shape index (κ1) is 24.0. The topological polar surface area (TPSA) is 101 Å². The van der Waals surface area contributed by atoms with Crippen molar-refractivity contribution < 1.29 is 19.4 Å². The van der Waals surface area contributed by atoms with Gasteiger partial charge in [-0.25, -0.2) is 4.98 Å². The van der Waals surface area contributed by atoms with Gasteiger partial charge in [-0.05, 0) is 55.7 Å². The van der Waals surface area contributed by atoms with Gasteiger partial charge >= 0.3 is 0 Å². The monoisotopic (exact) mass is 463 g/mol. The van der Waals surface area contributed by atoms with Crippen LogP contribution >= 0.6 is 0 Å². The first-order valence-electron chi connectivity index (χ1n) is 12.2. The van der Waals surface area contributed by atoms with E-state index in [1.54, 1.807) is 19.3 Å². The van der Waals surface area contributed by atoms with Gasteiger partial charge in [0.15, 0.2) is 0 Å². The first-order chi connectivity index (χ1) is 16.5. The highest BCUT2D eigenvalue weighted by Gasteiger charge is 2.31. The standard InChI is InChI=1S/C27H33N3O4/c1-3-19-13-25(32)30-24(19)16-34-27-22-11-10-20(26(33)28-2)12-23(22)21(14-29-27)9-8-17-4-6-18(15-31)7-5-17/h10-12,14,17-19,24,31H,3-7,13,15-16H2,1-2H3,(H,28,33)(H,30,32). The van der Waals surface area contributed by atoms with Gasteiger partial charge in [0.25, 0.3) is 5.91 Å². The number of hydrogen-bond acceptors (Lipinski definition) is 5. The van der Waals surface area contributed by atoms with Gasteiger partial charge in [-0.1, -0.05) is 25.2 Å². The Morgan fingerprint density at radius 1 is 1.26 bits per heavy atom. The third kappa shape index (κ3) is 5.34. The van der Waals surface area contributed by atoms with Crippen molar-refractivity contribution in [1.82, 2.24) is 15.6 Å². The molecule has 2 unspecified atom stereocenters. The smallest absolute Gasteiger partial charge is 0.251 e.